The van der Waals surface area contributed by atoms with Gasteiger partial charge < -0.3 is 15.2 Å². The average molecular weight is 405 g/mol. The van der Waals surface area contributed by atoms with E-state index in [4.69, 9.17) is 0 Å². The van der Waals surface area contributed by atoms with Crippen LogP contribution in [-0.4, -0.2) is 39.8 Å². The summed E-state index contributed by atoms with van der Waals surface area (Å²) in [6, 6.07) is 11.3. The molecule has 2 amide bonds. The maximum atomic E-state index is 13.0. The van der Waals surface area contributed by atoms with Crippen LogP contribution in [-0.2, 0) is 4.79 Å². The van der Waals surface area contributed by atoms with Crippen molar-refractivity contribution in [3.63, 3.8) is 0 Å². The summed E-state index contributed by atoms with van der Waals surface area (Å²) < 4.78 is 0. The van der Waals surface area contributed by atoms with E-state index >= 15 is 0 Å². The van der Waals surface area contributed by atoms with Crippen molar-refractivity contribution in [3.05, 3.63) is 59.9 Å². The third kappa shape index (κ3) is 4.08. The lowest BCUT2D eigenvalue weighted by atomic mass is 9.89. The van der Waals surface area contributed by atoms with E-state index in [-0.39, 0.29) is 11.8 Å². The SMILES string of the molecule is CC(C)(C)C(=O)Nc1cccc(C(=O)N2CCC(c3c[nH]c4ncccc34)CC2)c1. The molecule has 0 aliphatic carbocycles. The van der Waals surface area contributed by atoms with Crippen molar-refractivity contribution in [3.8, 4) is 0 Å². The summed E-state index contributed by atoms with van der Waals surface area (Å²) in [6.45, 7) is 7.03. The van der Waals surface area contributed by atoms with Crippen molar-refractivity contribution in [2.45, 2.75) is 39.5 Å². The summed E-state index contributed by atoms with van der Waals surface area (Å²) in [6.07, 6.45) is 5.70. The van der Waals surface area contributed by atoms with E-state index in [1.165, 1.54) is 10.9 Å². The van der Waals surface area contributed by atoms with Gasteiger partial charge in [0, 0.05) is 47.5 Å². The molecule has 30 heavy (non-hydrogen) atoms. The van der Waals surface area contributed by atoms with Crippen LogP contribution < -0.4 is 5.32 Å². The molecule has 1 aromatic carbocycles. The Balaban J connectivity index is 1.42. The Kier molecular flexibility index (Phi) is 5.33. The summed E-state index contributed by atoms with van der Waals surface area (Å²) in [7, 11) is 0. The first-order valence-electron chi connectivity index (χ1n) is 10.5. The van der Waals surface area contributed by atoms with Gasteiger partial charge in [-0.25, -0.2) is 4.98 Å². The van der Waals surface area contributed by atoms with Gasteiger partial charge in [0.25, 0.3) is 5.91 Å². The molecule has 0 radical (unpaired) electrons. The summed E-state index contributed by atoms with van der Waals surface area (Å²) in [4.78, 5) is 34.8. The van der Waals surface area contributed by atoms with Crippen molar-refractivity contribution in [1.29, 1.82) is 0 Å². The number of nitrogens with zero attached hydrogens (tertiary/aromatic N) is 2. The number of benzene rings is 1. The zero-order chi connectivity index (χ0) is 21.3. The minimum Gasteiger partial charge on any atom is -0.346 e. The minimum atomic E-state index is -0.486. The molecule has 3 aromatic rings. The fourth-order valence-electron chi connectivity index (χ4n) is 3.94. The van der Waals surface area contributed by atoms with Gasteiger partial charge in [-0.3, -0.25) is 9.59 Å². The van der Waals surface area contributed by atoms with Crippen molar-refractivity contribution in [1.82, 2.24) is 14.9 Å². The molecule has 156 valence electrons. The van der Waals surface area contributed by atoms with E-state index in [1.807, 2.05) is 49.9 Å². The molecule has 6 heteroatoms. The monoisotopic (exact) mass is 404 g/mol. The third-order valence-electron chi connectivity index (χ3n) is 5.75. The lowest BCUT2D eigenvalue weighted by Crippen LogP contribution is -2.38. The van der Waals surface area contributed by atoms with Gasteiger partial charge in [-0.1, -0.05) is 26.8 Å². The Bertz CT molecular complexity index is 1070. The lowest BCUT2D eigenvalue weighted by molar-refractivity contribution is -0.123. The highest BCUT2D eigenvalue weighted by molar-refractivity contribution is 5.98. The van der Waals surface area contributed by atoms with Crippen LogP contribution in [0, 0.1) is 5.41 Å². The molecule has 0 atom stereocenters. The molecule has 2 N–H and O–H groups in total. The second-order valence-electron chi connectivity index (χ2n) is 8.99. The van der Waals surface area contributed by atoms with Gasteiger partial charge in [-0.2, -0.15) is 0 Å². The average Bonchev–Trinajstić information content (AvgIpc) is 3.17. The van der Waals surface area contributed by atoms with Gasteiger partial charge in [0.2, 0.25) is 5.91 Å². The Labute approximate surface area is 176 Å². The summed E-state index contributed by atoms with van der Waals surface area (Å²) >= 11 is 0. The summed E-state index contributed by atoms with van der Waals surface area (Å²) in [5.74, 6) is 0.367. The second-order valence-corrected chi connectivity index (χ2v) is 8.99. The smallest absolute Gasteiger partial charge is 0.253 e. The Hall–Kier alpha value is -3.15. The number of piperidine rings is 1. The fourth-order valence-corrected chi connectivity index (χ4v) is 3.94. The van der Waals surface area contributed by atoms with Crippen molar-refractivity contribution >= 4 is 28.5 Å². The number of pyridine rings is 1. The highest BCUT2D eigenvalue weighted by Gasteiger charge is 2.27. The number of anilines is 1. The molecule has 0 spiro atoms. The van der Waals surface area contributed by atoms with E-state index in [9.17, 15) is 9.59 Å². The van der Waals surface area contributed by atoms with Gasteiger partial charge in [0.1, 0.15) is 5.65 Å². The highest BCUT2D eigenvalue weighted by Crippen LogP contribution is 2.33. The highest BCUT2D eigenvalue weighted by atomic mass is 16.2. The first-order valence-corrected chi connectivity index (χ1v) is 10.5. The van der Waals surface area contributed by atoms with Crippen LogP contribution in [0.25, 0.3) is 11.0 Å². The molecular weight excluding hydrogens is 376 g/mol. The first kappa shape index (κ1) is 20.1. The molecule has 6 nitrogen and oxygen atoms in total. The van der Waals surface area contributed by atoms with Gasteiger partial charge >= 0.3 is 0 Å². The molecule has 0 saturated carbocycles. The minimum absolute atomic E-state index is 0.0147. The zero-order valence-electron chi connectivity index (χ0n) is 17.7. The lowest BCUT2D eigenvalue weighted by Gasteiger charge is -2.32. The Morgan fingerprint density at radius 1 is 1.13 bits per heavy atom. The van der Waals surface area contributed by atoms with E-state index in [1.54, 1.807) is 12.3 Å². The van der Waals surface area contributed by atoms with Crippen molar-refractivity contribution in [2.75, 3.05) is 18.4 Å². The summed E-state index contributed by atoms with van der Waals surface area (Å²) in [5.41, 5.74) is 2.98. The van der Waals surface area contributed by atoms with Crippen LogP contribution in [0.4, 0.5) is 5.69 Å². The van der Waals surface area contributed by atoms with Crippen molar-refractivity contribution in [2.24, 2.45) is 5.41 Å². The maximum absolute atomic E-state index is 13.0. The number of carbonyl (C=O) groups is 2. The van der Waals surface area contributed by atoms with Crippen LogP contribution in [0.5, 0.6) is 0 Å². The predicted octanol–water partition coefficient (Wildman–Crippen LogP) is 4.57. The quantitative estimate of drug-likeness (QED) is 0.671. The number of aromatic amines is 1. The van der Waals surface area contributed by atoms with Crippen LogP contribution in [0.3, 0.4) is 0 Å². The van der Waals surface area contributed by atoms with Gasteiger partial charge in [-0.05, 0) is 54.7 Å². The molecule has 1 fully saturated rings. The number of hydrogen-bond donors (Lipinski definition) is 2. The zero-order valence-corrected chi connectivity index (χ0v) is 17.7. The third-order valence-corrected chi connectivity index (χ3v) is 5.75. The number of carbonyl (C=O) groups excluding carboxylic acids is 2. The van der Waals surface area contributed by atoms with Crippen molar-refractivity contribution < 1.29 is 9.59 Å². The molecule has 0 unspecified atom stereocenters. The molecular formula is C24H28N4O2. The molecule has 3 heterocycles. The van der Waals surface area contributed by atoms with Gasteiger partial charge in [0.15, 0.2) is 0 Å². The second kappa shape index (κ2) is 7.94. The number of aromatic nitrogens is 2. The number of amides is 2. The van der Waals surface area contributed by atoms with Crippen LogP contribution >= 0.6 is 0 Å². The number of fused-ring (bicyclic) bond motifs is 1. The van der Waals surface area contributed by atoms with E-state index in [0.29, 0.717) is 17.2 Å². The maximum Gasteiger partial charge on any atom is 0.253 e. The number of nitrogens with one attached hydrogen (secondary N) is 2. The van der Waals surface area contributed by atoms with Crippen LogP contribution in [0.15, 0.2) is 48.8 Å². The fraction of sp³-hybridized carbons (Fsp3) is 0.375. The largest absolute Gasteiger partial charge is 0.346 e. The summed E-state index contributed by atoms with van der Waals surface area (Å²) in [5, 5.41) is 4.07. The molecule has 1 aliphatic rings. The van der Waals surface area contributed by atoms with E-state index < -0.39 is 5.41 Å². The molecule has 1 saturated heterocycles. The molecule has 0 bridgehead atoms. The topological polar surface area (TPSA) is 78.1 Å². The standard InChI is InChI=1S/C24H28N4O2/c1-24(2,3)23(30)27-18-7-4-6-17(14-18)22(29)28-12-9-16(10-13-28)20-15-26-21-19(20)8-5-11-25-21/h4-8,11,14-16H,9-10,12-13H2,1-3H3,(H,25,26)(H,27,30). The van der Waals surface area contributed by atoms with Gasteiger partial charge in [-0.15, -0.1) is 0 Å². The van der Waals surface area contributed by atoms with E-state index in [0.717, 1.165) is 31.6 Å². The predicted molar refractivity (Wildman–Crippen MR) is 118 cm³/mol. The number of hydrogen-bond acceptors (Lipinski definition) is 3. The van der Waals surface area contributed by atoms with Gasteiger partial charge in [0.05, 0.1) is 0 Å². The van der Waals surface area contributed by atoms with Crippen LogP contribution in [0.1, 0.15) is 55.5 Å². The number of H-pyrrole nitrogens is 1. The number of rotatable bonds is 3. The molecule has 4 rings (SSSR count). The molecule has 1 aliphatic heterocycles. The first-order chi connectivity index (χ1) is 14.3. The van der Waals surface area contributed by atoms with E-state index in [2.05, 4.69) is 27.5 Å². The molecule has 2 aromatic heterocycles. The normalized spacial score (nSPS) is 15.4. The Morgan fingerprint density at radius 3 is 2.63 bits per heavy atom. The Morgan fingerprint density at radius 2 is 1.90 bits per heavy atom. The number of likely N-dealkylation sites (tertiary alicyclic amines) is 1. The van der Waals surface area contributed by atoms with Crippen LogP contribution in [0.2, 0.25) is 0 Å².